The van der Waals surface area contributed by atoms with Crippen molar-refractivity contribution in [3.63, 3.8) is 0 Å². The van der Waals surface area contributed by atoms with E-state index in [0.29, 0.717) is 12.5 Å². The van der Waals surface area contributed by atoms with Gasteiger partial charge in [-0.2, -0.15) is 0 Å². The molecule has 0 heterocycles. The minimum absolute atomic E-state index is 0.346. The maximum atomic E-state index is 5.41. The average molecular weight is 274 g/mol. The zero-order valence-corrected chi connectivity index (χ0v) is 10.2. The molecule has 0 saturated heterocycles. The summed E-state index contributed by atoms with van der Waals surface area (Å²) >= 11 is 8.81. The van der Waals surface area contributed by atoms with Gasteiger partial charge in [0.05, 0.1) is 10.4 Å². The van der Waals surface area contributed by atoms with Crippen molar-refractivity contribution in [2.75, 3.05) is 12.5 Å². The van der Waals surface area contributed by atoms with Crippen molar-refractivity contribution in [2.24, 2.45) is 0 Å². The number of ether oxygens (including phenoxy) is 1. The molecule has 14 heavy (non-hydrogen) atoms. The van der Waals surface area contributed by atoms with Gasteiger partial charge in [-0.25, -0.2) is 0 Å². The second-order valence-corrected chi connectivity index (χ2v) is 3.83. The topological polar surface area (TPSA) is 9.23 Å². The highest BCUT2D eigenvalue weighted by atomic mass is 79.9. The van der Waals surface area contributed by atoms with Gasteiger partial charge in [0.15, 0.2) is 0 Å². The van der Waals surface area contributed by atoms with Crippen molar-refractivity contribution in [1.29, 1.82) is 0 Å². The first kappa shape index (κ1) is 11.4. The van der Waals surface area contributed by atoms with Crippen molar-refractivity contribution in [1.82, 2.24) is 0 Å². The molecule has 1 nitrogen and oxygen atoms in total. The molecule has 0 unspecified atom stereocenters. The van der Waals surface area contributed by atoms with E-state index in [2.05, 4.69) is 27.8 Å². The number of hydrogen-bond acceptors (Lipinski definition) is 1. The number of hydrogen-bond donors (Lipinski definition) is 0. The lowest BCUT2D eigenvalue weighted by atomic mass is 10.2. The molecule has 74 valence electrons. The molecular weight excluding hydrogens is 263 g/mol. The van der Waals surface area contributed by atoms with Crippen LogP contribution in [0.15, 0.2) is 22.7 Å². The van der Waals surface area contributed by atoms with Crippen LogP contribution in [0.4, 0.5) is 0 Å². The fraction of sp³-hybridized carbons (Fsp3) is 0.273. The Hall–Kier alpha value is -0.650. The summed E-state index contributed by atoms with van der Waals surface area (Å²) in [6, 6.07) is 5.92. The number of aryl methyl sites for hydroxylation is 1. The fourth-order valence-corrected chi connectivity index (χ4v) is 1.64. The molecule has 0 aliphatic carbocycles. The normalized spacial score (nSPS) is 9.07. The van der Waals surface area contributed by atoms with E-state index in [-0.39, 0.29) is 0 Å². The molecule has 0 aliphatic rings. The maximum absolute atomic E-state index is 5.41. The molecule has 0 amide bonds. The van der Waals surface area contributed by atoms with Crippen LogP contribution in [0.3, 0.4) is 0 Å². The first-order chi connectivity index (χ1) is 6.74. The van der Waals surface area contributed by atoms with Crippen LogP contribution < -0.4 is 4.74 Å². The SMILES string of the molecule is Cc1ccc(OCC#CCCl)c(Br)c1. The van der Waals surface area contributed by atoms with Gasteiger partial charge in [0, 0.05) is 0 Å². The molecule has 0 N–H and O–H groups in total. The highest BCUT2D eigenvalue weighted by Gasteiger charge is 1.98. The largest absolute Gasteiger partial charge is 0.480 e. The highest BCUT2D eigenvalue weighted by Crippen LogP contribution is 2.25. The minimum Gasteiger partial charge on any atom is -0.480 e. The smallest absolute Gasteiger partial charge is 0.149 e. The zero-order chi connectivity index (χ0) is 10.4. The number of halogens is 2. The molecule has 0 radical (unpaired) electrons. The molecule has 0 saturated carbocycles. The summed E-state index contributed by atoms with van der Waals surface area (Å²) in [5.74, 6) is 6.68. The first-order valence-electron chi connectivity index (χ1n) is 4.14. The van der Waals surface area contributed by atoms with Gasteiger partial charge in [-0.05, 0) is 40.5 Å². The van der Waals surface area contributed by atoms with Crippen molar-refractivity contribution in [3.05, 3.63) is 28.2 Å². The predicted molar refractivity (Wildman–Crippen MR) is 62.9 cm³/mol. The molecular formula is C11H10BrClO. The molecule has 0 fully saturated rings. The molecule has 1 aromatic carbocycles. The van der Waals surface area contributed by atoms with E-state index < -0.39 is 0 Å². The third-order valence-electron chi connectivity index (χ3n) is 1.58. The average Bonchev–Trinajstić information content (AvgIpc) is 2.15. The lowest BCUT2D eigenvalue weighted by Crippen LogP contribution is -1.94. The summed E-state index contributed by atoms with van der Waals surface area (Å²) in [6.07, 6.45) is 0. The van der Waals surface area contributed by atoms with Crippen molar-refractivity contribution in [3.8, 4) is 17.6 Å². The van der Waals surface area contributed by atoms with Crippen molar-refractivity contribution in [2.45, 2.75) is 6.92 Å². The van der Waals surface area contributed by atoms with Gasteiger partial charge in [0.25, 0.3) is 0 Å². The lowest BCUT2D eigenvalue weighted by molar-refractivity contribution is 0.368. The van der Waals surface area contributed by atoms with Crippen molar-refractivity contribution >= 4 is 27.5 Å². The summed E-state index contributed by atoms with van der Waals surface area (Å²) in [7, 11) is 0. The molecule has 1 rings (SSSR count). The van der Waals surface area contributed by atoms with E-state index in [1.807, 2.05) is 25.1 Å². The summed E-state index contributed by atoms with van der Waals surface area (Å²) in [4.78, 5) is 0. The van der Waals surface area contributed by atoms with Gasteiger partial charge in [-0.3, -0.25) is 0 Å². The first-order valence-corrected chi connectivity index (χ1v) is 5.47. The van der Waals surface area contributed by atoms with Crippen LogP contribution in [0, 0.1) is 18.8 Å². The molecule has 0 bridgehead atoms. The Kier molecular flexibility index (Phi) is 4.86. The Labute approximate surface area is 97.5 Å². The molecule has 3 heteroatoms. The van der Waals surface area contributed by atoms with Gasteiger partial charge >= 0.3 is 0 Å². The molecule has 0 spiro atoms. The van der Waals surface area contributed by atoms with Crippen molar-refractivity contribution < 1.29 is 4.74 Å². The zero-order valence-electron chi connectivity index (χ0n) is 7.81. The van der Waals surface area contributed by atoms with E-state index >= 15 is 0 Å². The third kappa shape index (κ3) is 3.61. The number of rotatable bonds is 2. The maximum Gasteiger partial charge on any atom is 0.149 e. The van der Waals surface area contributed by atoms with Gasteiger partial charge in [0.1, 0.15) is 12.4 Å². The minimum atomic E-state index is 0.346. The third-order valence-corrected chi connectivity index (χ3v) is 2.33. The quantitative estimate of drug-likeness (QED) is 0.593. The van der Waals surface area contributed by atoms with Crippen LogP contribution in [0.5, 0.6) is 5.75 Å². The highest BCUT2D eigenvalue weighted by molar-refractivity contribution is 9.10. The molecule has 0 atom stereocenters. The van der Waals surface area contributed by atoms with E-state index in [1.165, 1.54) is 5.56 Å². The Bertz CT molecular complexity index is 365. The molecule has 1 aromatic rings. The molecule has 0 aromatic heterocycles. The van der Waals surface area contributed by atoms with Crippen LogP contribution in [0.2, 0.25) is 0 Å². The van der Waals surface area contributed by atoms with Gasteiger partial charge in [-0.15, -0.1) is 11.6 Å². The monoisotopic (exact) mass is 272 g/mol. The predicted octanol–water partition coefficient (Wildman–Crippen LogP) is 3.38. The van der Waals surface area contributed by atoms with Crippen LogP contribution in [-0.4, -0.2) is 12.5 Å². The Morgan fingerprint density at radius 2 is 2.21 bits per heavy atom. The standard InChI is InChI=1S/C11H10BrClO/c1-9-4-5-11(10(12)8-9)14-7-3-2-6-13/h4-5,8H,6-7H2,1H3. The van der Waals surface area contributed by atoms with Crippen LogP contribution in [0.25, 0.3) is 0 Å². The van der Waals surface area contributed by atoms with Crippen LogP contribution in [-0.2, 0) is 0 Å². The Balaban J connectivity index is 2.59. The number of benzene rings is 1. The van der Waals surface area contributed by atoms with Crippen LogP contribution >= 0.6 is 27.5 Å². The van der Waals surface area contributed by atoms with Gasteiger partial charge in [0.2, 0.25) is 0 Å². The second kappa shape index (κ2) is 5.95. The number of alkyl halides is 1. The van der Waals surface area contributed by atoms with E-state index in [0.717, 1.165) is 10.2 Å². The summed E-state index contributed by atoms with van der Waals surface area (Å²) in [5.41, 5.74) is 1.19. The Morgan fingerprint density at radius 3 is 2.86 bits per heavy atom. The summed E-state index contributed by atoms with van der Waals surface area (Å²) < 4.78 is 6.36. The van der Waals surface area contributed by atoms with Gasteiger partial charge < -0.3 is 4.74 Å². The summed E-state index contributed by atoms with van der Waals surface area (Å²) in [6.45, 7) is 2.40. The Morgan fingerprint density at radius 1 is 1.43 bits per heavy atom. The van der Waals surface area contributed by atoms with E-state index in [1.54, 1.807) is 0 Å². The summed E-state index contributed by atoms with van der Waals surface area (Å²) in [5, 5.41) is 0. The molecule has 0 aliphatic heterocycles. The van der Waals surface area contributed by atoms with Crippen LogP contribution in [0.1, 0.15) is 5.56 Å². The lowest BCUT2D eigenvalue weighted by Gasteiger charge is -2.04. The van der Waals surface area contributed by atoms with E-state index in [9.17, 15) is 0 Å². The fourth-order valence-electron chi connectivity index (χ4n) is 0.935. The second-order valence-electron chi connectivity index (χ2n) is 2.71. The van der Waals surface area contributed by atoms with E-state index in [4.69, 9.17) is 16.3 Å². The van der Waals surface area contributed by atoms with Gasteiger partial charge in [-0.1, -0.05) is 17.9 Å².